The number of rotatable bonds is 2. The van der Waals surface area contributed by atoms with Gasteiger partial charge in [0.1, 0.15) is 5.52 Å². The lowest BCUT2D eigenvalue weighted by Crippen LogP contribution is -2.39. The first kappa shape index (κ1) is 14.8. The van der Waals surface area contributed by atoms with Crippen LogP contribution in [-0.2, 0) is 19.4 Å². The van der Waals surface area contributed by atoms with Crippen LogP contribution in [0.15, 0.2) is 35.1 Å². The van der Waals surface area contributed by atoms with Crippen molar-refractivity contribution in [3.8, 4) is 11.5 Å². The smallest absolute Gasteiger partial charge is 0.181 e. The van der Waals surface area contributed by atoms with E-state index in [1.807, 2.05) is 6.07 Å². The Morgan fingerprint density at radius 3 is 2.92 bits per heavy atom. The summed E-state index contributed by atoms with van der Waals surface area (Å²) in [6.07, 6.45) is 3.54. The Morgan fingerprint density at radius 2 is 2.08 bits per heavy atom. The van der Waals surface area contributed by atoms with Crippen molar-refractivity contribution in [2.75, 3.05) is 20.8 Å². The zero-order valence-electron chi connectivity index (χ0n) is 14.4. The quantitative estimate of drug-likeness (QED) is 0.717. The predicted molar refractivity (Wildman–Crippen MR) is 94.1 cm³/mol. The first-order valence-electron chi connectivity index (χ1n) is 8.61. The molecule has 2 aliphatic heterocycles. The Bertz CT molecular complexity index is 963. The second-order valence-corrected chi connectivity index (χ2v) is 6.75. The SMILES string of the molecule is COc1ccc2c(c1OC)CN1CCc3cc4ncoc4cc3C1C2. The van der Waals surface area contributed by atoms with E-state index in [-0.39, 0.29) is 0 Å². The molecule has 5 rings (SSSR count). The van der Waals surface area contributed by atoms with E-state index >= 15 is 0 Å². The number of fused-ring (bicyclic) bond motifs is 5. The highest BCUT2D eigenvalue weighted by atomic mass is 16.5. The van der Waals surface area contributed by atoms with Gasteiger partial charge >= 0.3 is 0 Å². The first-order chi connectivity index (χ1) is 12.3. The molecule has 5 nitrogen and oxygen atoms in total. The van der Waals surface area contributed by atoms with Crippen molar-refractivity contribution in [1.29, 1.82) is 0 Å². The van der Waals surface area contributed by atoms with Crippen LogP contribution in [0.5, 0.6) is 11.5 Å². The van der Waals surface area contributed by atoms with Crippen molar-refractivity contribution >= 4 is 11.1 Å². The molecule has 0 radical (unpaired) electrons. The summed E-state index contributed by atoms with van der Waals surface area (Å²) >= 11 is 0. The van der Waals surface area contributed by atoms with E-state index in [1.54, 1.807) is 14.2 Å². The molecule has 3 heterocycles. The Hall–Kier alpha value is -2.53. The molecule has 0 N–H and O–H groups in total. The summed E-state index contributed by atoms with van der Waals surface area (Å²) < 4.78 is 16.7. The molecule has 25 heavy (non-hydrogen) atoms. The van der Waals surface area contributed by atoms with Crippen molar-refractivity contribution in [3.63, 3.8) is 0 Å². The minimum atomic E-state index is 0.379. The molecule has 1 unspecified atom stereocenters. The summed E-state index contributed by atoms with van der Waals surface area (Å²) in [5, 5.41) is 0. The minimum absolute atomic E-state index is 0.379. The van der Waals surface area contributed by atoms with Crippen molar-refractivity contribution in [2.24, 2.45) is 0 Å². The number of ether oxygens (including phenoxy) is 2. The van der Waals surface area contributed by atoms with Crippen LogP contribution in [0.3, 0.4) is 0 Å². The van der Waals surface area contributed by atoms with E-state index < -0.39 is 0 Å². The Morgan fingerprint density at radius 1 is 1.16 bits per heavy atom. The van der Waals surface area contributed by atoms with Crippen LogP contribution in [0.2, 0.25) is 0 Å². The molecule has 1 aromatic heterocycles. The summed E-state index contributed by atoms with van der Waals surface area (Å²) in [5.41, 5.74) is 7.18. The predicted octanol–water partition coefficient (Wildman–Crippen LogP) is 3.50. The fourth-order valence-electron chi connectivity index (χ4n) is 4.34. The van der Waals surface area contributed by atoms with Gasteiger partial charge in [-0.15, -0.1) is 0 Å². The van der Waals surface area contributed by atoms with Crippen LogP contribution in [0.4, 0.5) is 0 Å². The largest absolute Gasteiger partial charge is 0.493 e. The van der Waals surface area contributed by atoms with Crippen LogP contribution in [0, 0.1) is 0 Å². The van der Waals surface area contributed by atoms with Crippen molar-refractivity contribution in [3.05, 3.63) is 52.9 Å². The molecule has 0 spiro atoms. The van der Waals surface area contributed by atoms with Crippen LogP contribution >= 0.6 is 0 Å². The van der Waals surface area contributed by atoms with Gasteiger partial charge in [-0.1, -0.05) is 6.07 Å². The summed E-state index contributed by atoms with van der Waals surface area (Å²) in [7, 11) is 3.41. The molecule has 128 valence electrons. The van der Waals surface area contributed by atoms with Crippen molar-refractivity contribution in [2.45, 2.75) is 25.4 Å². The van der Waals surface area contributed by atoms with E-state index in [2.05, 4.69) is 28.1 Å². The van der Waals surface area contributed by atoms with Gasteiger partial charge in [0.15, 0.2) is 23.5 Å². The molecule has 0 saturated heterocycles. The number of hydrogen-bond acceptors (Lipinski definition) is 5. The molecule has 0 saturated carbocycles. The normalized spacial score (nSPS) is 19.2. The maximum atomic E-state index is 5.66. The lowest BCUT2D eigenvalue weighted by atomic mass is 9.83. The maximum Gasteiger partial charge on any atom is 0.181 e. The van der Waals surface area contributed by atoms with Crippen LogP contribution < -0.4 is 9.47 Å². The fourth-order valence-corrected chi connectivity index (χ4v) is 4.34. The van der Waals surface area contributed by atoms with E-state index in [4.69, 9.17) is 13.9 Å². The third-order valence-electron chi connectivity index (χ3n) is 5.58. The average Bonchev–Trinajstić information content (AvgIpc) is 3.11. The Labute approximate surface area is 146 Å². The highest BCUT2D eigenvalue weighted by Crippen LogP contribution is 2.44. The standard InChI is InChI=1S/C20H20N2O3/c1-23-18-4-3-12-8-17-14-9-19-16(21-11-25-19)7-13(14)5-6-22(17)10-15(12)20(18)24-2/h3-4,7,9,11,17H,5-6,8,10H2,1-2H3. The fraction of sp³-hybridized carbons (Fsp3) is 0.350. The van der Waals surface area contributed by atoms with Gasteiger partial charge < -0.3 is 13.9 Å². The molecular formula is C20H20N2O3. The third kappa shape index (κ3) is 2.15. The lowest BCUT2D eigenvalue weighted by Gasteiger charge is -2.41. The molecule has 0 aliphatic carbocycles. The summed E-state index contributed by atoms with van der Waals surface area (Å²) in [6, 6.07) is 8.94. The number of aromatic nitrogens is 1. The number of nitrogens with zero attached hydrogens (tertiary/aromatic N) is 2. The van der Waals surface area contributed by atoms with E-state index in [0.717, 1.165) is 48.5 Å². The number of hydrogen-bond donors (Lipinski definition) is 0. The highest BCUT2D eigenvalue weighted by Gasteiger charge is 2.34. The topological polar surface area (TPSA) is 47.7 Å². The maximum absolute atomic E-state index is 5.66. The van der Waals surface area contributed by atoms with Gasteiger partial charge in [0, 0.05) is 24.7 Å². The monoisotopic (exact) mass is 336 g/mol. The Kier molecular flexibility index (Phi) is 3.25. The summed E-state index contributed by atoms with van der Waals surface area (Å²) in [4.78, 5) is 6.83. The molecule has 0 fully saturated rings. The van der Waals surface area contributed by atoms with Crippen LogP contribution in [0.1, 0.15) is 28.3 Å². The zero-order valence-corrected chi connectivity index (χ0v) is 14.4. The molecular weight excluding hydrogens is 316 g/mol. The third-order valence-corrected chi connectivity index (χ3v) is 5.58. The average molecular weight is 336 g/mol. The molecule has 1 atom stereocenters. The van der Waals surface area contributed by atoms with E-state index in [9.17, 15) is 0 Å². The number of benzene rings is 2. The van der Waals surface area contributed by atoms with Gasteiger partial charge in [-0.05, 0) is 47.7 Å². The molecule has 5 heteroatoms. The second-order valence-electron chi connectivity index (χ2n) is 6.75. The summed E-state index contributed by atoms with van der Waals surface area (Å²) in [6.45, 7) is 1.93. The molecule has 2 aromatic carbocycles. The van der Waals surface area contributed by atoms with E-state index in [0.29, 0.717) is 6.04 Å². The second kappa shape index (κ2) is 5.49. The summed E-state index contributed by atoms with van der Waals surface area (Å²) in [5.74, 6) is 1.68. The van der Waals surface area contributed by atoms with E-state index in [1.165, 1.54) is 28.6 Å². The van der Waals surface area contributed by atoms with Gasteiger partial charge in [0.25, 0.3) is 0 Å². The number of methoxy groups -OCH3 is 2. The van der Waals surface area contributed by atoms with Crippen LogP contribution in [0.25, 0.3) is 11.1 Å². The highest BCUT2D eigenvalue weighted by molar-refractivity contribution is 5.75. The molecule has 2 aliphatic rings. The lowest BCUT2D eigenvalue weighted by molar-refractivity contribution is 0.158. The van der Waals surface area contributed by atoms with Gasteiger partial charge in [0.05, 0.1) is 14.2 Å². The van der Waals surface area contributed by atoms with Crippen molar-refractivity contribution in [1.82, 2.24) is 9.88 Å². The zero-order chi connectivity index (χ0) is 17.0. The number of oxazole rings is 1. The first-order valence-corrected chi connectivity index (χ1v) is 8.61. The molecule has 3 aromatic rings. The van der Waals surface area contributed by atoms with Crippen molar-refractivity contribution < 1.29 is 13.9 Å². The molecule has 0 amide bonds. The van der Waals surface area contributed by atoms with Gasteiger partial charge in [-0.2, -0.15) is 0 Å². The van der Waals surface area contributed by atoms with Crippen LogP contribution in [-0.4, -0.2) is 30.6 Å². The van der Waals surface area contributed by atoms with Gasteiger partial charge in [-0.25, -0.2) is 4.98 Å². The molecule has 0 bridgehead atoms. The Balaban J connectivity index is 1.61. The van der Waals surface area contributed by atoms with Gasteiger partial charge in [0.2, 0.25) is 0 Å². The van der Waals surface area contributed by atoms with Gasteiger partial charge in [-0.3, -0.25) is 4.90 Å². The minimum Gasteiger partial charge on any atom is -0.493 e.